The summed E-state index contributed by atoms with van der Waals surface area (Å²) in [5.74, 6) is -2.53. The molecule has 0 fully saturated rings. The first-order valence-corrected chi connectivity index (χ1v) is 8.55. The lowest BCUT2D eigenvalue weighted by atomic mass is 10.2. The fraction of sp³-hybridized carbons (Fsp3) is 0.167. The number of alkyl halides is 6. The summed E-state index contributed by atoms with van der Waals surface area (Å²) in [5, 5.41) is -0.692. The average Bonchev–Trinajstić information content (AvgIpc) is 2.69. The van der Waals surface area contributed by atoms with Gasteiger partial charge in [-0.3, -0.25) is 4.79 Å². The molecule has 3 rings (SSSR count). The van der Waals surface area contributed by atoms with Crippen LogP contribution in [-0.4, -0.2) is 22.1 Å². The number of rotatable bonds is 4. The molecule has 164 valence electrons. The van der Waals surface area contributed by atoms with Crippen molar-refractivity contribution < 1.29 is 35.8 Å². The molecular weight excluding hydrogens is 456 g/mol. The Morgan fingerprint density at radius 2 is 1.71 bits per heavy atom. The summed E-state index contributed by atoms with van der Waals surface area (Å²) in [7, 11) is 1.28. The Hall–Kier alpha value is -3.28. The van der Waals surface area contributed by atoms with Gasteiger partial charge in [-0.2, -0.15) is 26.3 Å². The van der Waals surface area contributed by atoms with Gasteiger partial charge < -0.3 is 14.5 Å². The van der Waals surface area contributed by atoms with Crippen LogP contribution < -0.4 is 15.0 Å². The van der Waals surface area contributed by atoms with Gasteiger partial charge in [0.25, 0.3) is 5.56 Å². The van der Waals surface area contributed by atoms with E-state index in [1.807, 2.05) is 0 Å². The highest BCUT2D eigenvalue weighted by atomic mass is 35.5. The lowest BCUT2D eigenvalue weighted by Crippen LogP contribution is -2.21. The summed E-state index contributed by atoms with van der Waals surface area (Å²) >= 11 is 5.48. The number of halogens is 7. The Bertz CT molecular complexity index is 1180. The van der Waals surface area contributed by atoms with Crippen LogP contribution in [0, 0.1) is 0 Å². The molecule has 0 saturated heterocycles. The topological polar surface area (TPSA) is 77.1 Å². The second kappa shape index (κ2) is 8.10. The average molecular weight is 466 g/mol. The number of H-pyrrole nitrogens is 1. The van der Waals surface area contributed by atoms with Crippen molar-refractivity contribution in [1.29, 1.82) is 0 Å². The van der Waals surface area contributed by atoms with Gasteiger partial charge in [0.1, 0.15) is 11.4 Å². The molecule has 0 spiro atoms. The van der Waals surface area contributed by atoms with Crippen LogP contribution in [0.5, 0.6) is 17.4 Å². The van der Waals surface area contributed by atoms with Crippen molar-refractivity contribution in [2.45, 2.75) is 12.4 Å². The molecule has 3 aromatic rings. The third-order valence-electron chi connectivity index (χ3n) is 3.78. The van der Waals surface area contributed by atoms with E-state index >= 15 is 0 Å². The summed E-state index contributed by atoms with van der Waals surface area (Å²) in [5.41, 5.74) is -4.62. The van der Waals surface area contributed by atoms with Crippen LogP contribution in [0.3, 0.4) is 0 Å². The van der Waals surface area contributed by atoms with Gasteiger partial charge in [0.2, 0.25) is 11.6 Å². The highest BCUT2D eigenvalue weighted by Crippen LogP contribution is 2.39. The molecule has 0 saturated carbocycles. The fourth-order valence-electron chi connectivity index (χ4n) is 2.43. The summed E-state index contributed by atoms with van der Waals surface area (Å²) in [6.07, 6.45) is -10.1. The zero-order valence-corrected chi connectivity index (χ0v) is 16.0. The maximum absolute atomic E-state index is 13.6. The van der Waals surface area contributed by atoms with Crippen LogP contribution in [0.2, 0.25) is 5.02 Å². The number of aromatic nitrogens is 3. The van der Waals surface area contributed by atoms with Gasteiger partial charge >= 0.3 is 12.4 Å². The van der Waals surface area contributed by atoms with Gasteiger partial charge in [0.05, 0.1) is 17.7 Å². The molecule has 0 bridgehead atoms. The van der Waals surface area contributed by atoms with Crippen LogP contribution in [0.25, 0.3) is 11.5 Å². The molecule has 0 unspecified atom stereocenters. The Balaban J connectivity index is 2.12. The number of hydrogen-bond donors (Lipinski definition) is 1. The second-order valence-electron chi connectivity index (χ2n) is 5.90. The first-order chi connectivity index (χ1) is 14.4. The zero-order chi connectivity index (χ0) is 23.0. The van der Waals surface area contributed by atoms with E-state index in [2.05, 4.69) is 15.0 Å². The van der Waals surface area contributed by atoms with E-state index in [1.54, 1.807) is 0 Å². The number of nitrogens with one attached hydrogen (secondary N) is 1. The highest BCUT2D eigenvalue weighted by molar-refractivity contribution is 6.31. The number of nitrogens with zero attached hydrogens (tertiary/aromatic N) is 2. The Labute approximate surface area is 174 Å². The van der Waals surface area contributed by atoms with E-state index in [0.717, 1.165) is 12.1 Å². The largest absolute Gasteiger partial charge is 0.481 e. The van der Waals surface area contributed by atoms with E-state index < -0.39 is 51.5 Å². The maximum atomic E-state index is 13.6. The minimum atomic E-state index is -5.17. The zero-order valence-electron chi connectivity index (χ0n) is 15.2. The van der Waals surface area contributed by atoms with Crippen molar-refractivity contribution in [2.75, 3.05) is 7.11 Å². The van der Waals surface area contributed by atoms with Crippen LogP contribution in [-0.2, 0) is 12.4 Å². The molecular formula is C18H10ClF6N3O3. The number of benzene rings is 1. The summed E-state index contributed by atoms with van der Waals surface area (Å²) in [6, 6.07) is 6.14. The van der Waals surface area contributed by atoms with E-state index in [9.17, 15) is 31.1 Å². The predicted octanol–water partition coefficient (Wildman–Crippen LogP) is 5.32. The quantitative estimate of drug-likeness (QED) is 0.527. The monoisotopic (exact) mass is 465 g/mol. The van der Waals surface area contributed by atoms with Crippen molar-refractivity contribution >= 4 is 11.6 Å². The lowest BCUT2D eigenvalue weighted by Gasteiger charge is -2.15. The predicted molar refractivity (Wildman–Crippen MR) is 96.2 cm³/mol. The molecule has 31 heavy (non-hydrogen) atoms. The van der Waals surface area contributed by atoms with E-state index in [-0.39, 0.29) is 11.6 Å². The summed E-state index contributed by atoms with van der Waals surface area (Å²) in [4.78, 5) is 21.7. The SMILES string of the molecule is COc1cccc(-c2nc(C(F)(F)F)c(Oc3ccc(Cl)c(C(F)(F)F)c3)c(=O)[nH]2)n1. The maximum Gasteiger partial charge on any atom is 0.437 e. The Morgan fingerprint density at radius 1 is 1.00 bits per heavy atom. The first kappa shape index (κ1) is 22.4. The third kappa shape index (κ3) is 4.90. The molecule has 0 atom stereocenters. The van der Waals surface area contributed by atoms with Crippen molar-refractivity contribution in [3.63, 3.8) is 0 Å². The van der Waals surface area contributed by atoms with Gasteiger partial charge in [-0.05, 0) is 24.3 Å². The normalized spacial score (nSPS) is 12.0. The first-order valence-electron chi connectivity index (χ1n) is 8.17. The second-order valence-corrected chi connectivity index (χ2v) is 6.30. The number of ether oxygens (including phenoxy) is 2. The van der Waals surface area contributed by atoms with E-state index in [1.165, 1.54) is 25.3 Å². The van der Waals surface area contributed by atoms with Crippen molar-refractivity contribution in [3.05, 3.63) is 63.0 Å². The van der Waals surface area contributed by atoms with Gasteiger partial charge in [-0.15, -0.1) is 0 Å². The van der Waals surface area contributed by atoms with Crippen molar-refractivity contribution in [1.82, 2.24) is 15.0 Å². The van der Waals surface area contributed by atoms with Crippen molar-refractivity contribution in [3.8, 4) is 28.9 Å². The molecule has 0 aliphatic heterocycles. The molecule has 1 N–H and O–H groups in total. The van der Waals surface area contributed by atoms with Crippen molar-refractivity contribution in [2.24, 2.45) is 0 Å². The van der Waals surface area contributed by atoms with Crippen LogP contribution in [0.4, 0.5) is 26.3 Å². The highest BCUT2D eigenvalue weighted by Gasteiger charge is 2.39. The summed E-state index contributed by atoms with van der Waals surface area (Å²) < 4.78 is 89.4. The smallest absolute Gasteiger partial charge is 0.437 e. The van der Waals surface area contributed by atoms with Crippen LogP contribution in [0.15, 0.2) is 41.2 Å². The molecule has 0 amide bonds. The molecule has 13 heteroatoms. The van der Waals surface area contributed by atoms with Gasteiger partial charge in [0.15, 0.2) is 11.5 Å². The molecule has 2 heterocycles. The minimum Gasteiger partial charge on any atom is -0.481 e. The van der Waals surface area contributed by atoms with Gasteiger partial charge in [0, 0.05) is 6.07 Å². The van der Waals surface area contributed by atoms with Gasteiger partial charge in [-0.25, -0.2) is 9.97 Å². The van der Waals surface area contributed by atoms with Gasteiger partial charge in [-0.1, -0.05) is 17.7 Å². The number of pyridine rings is 1. The Kier molecular flexibility index (Phi) is 5.85. The fourth-order valence-corrected chi connectivity index (χ4v) is 2.66. The molecule has 2 aromatic heterocycles. The molecule has 1 aromatic carbocycles. The summed E-state index contributed by atoms with van der Waals surface area (Å²) in [6.45, 7) is 0. The standard InChI is InChI=1S/C18H10ClF6N3O3/c1-30-12-4-2-3-11(26-12)15-27-14(18(23,24)25)13(16(29)28-15)31-8-5-6-10(19)9(7-8)17(20,21)22/h2-7H,1H3,(H,27,28,29). The lowest BCUT2D eigenvalue weighted by molar-refractivity contribution is -0.142. The number of hydrogen-bond acceptors (Lipinski definition) is 5. The molecule has 0 aliphatic rings. The van der Waals surface area contributed by atoms with Crippen LogP contribution in [0.1, 0.15) is 11.3 Å². The molecule has 6 nitrogen and oxygen atoms in total. The Morgan fingerprint density at radius 3 is 2.32 bits per heavy atom. The van der Waals surface area contributed by atoms with Crippen LogP contribution >= 0.6 is 11.6 Å². The molecule has 0 radical (unpaired) electrons. The van der Waals surface area contributed by atoms with E-state index in [4.69, 9.17) is 21.1 Å². The van der Waals surface area contributed by atoms with E-state index in [0.29, 0.717) is 6.07 Å². The number of aromatic amines is 1. The minimum absolute atomic E-state index is 0.0508. The third-order valence-corrected chi connectivity index (χ3v) is 4.11. The number of methoxy groups -OCH3 is 1. The molecule has 0 aliphatic carbocycles.